The van der Waals surface area contributed by atoms with E-state index >= 15 is 0 Å². The third-order valence-electron chi connectivity index (χ3n) is 2.60. The fraction of sp³-hybridized carbons (Fsp3) is 0.727. The number of alkyl halides is 1. The molecule has 1 aliphatic heterocycles. The van der Waals surface area contributed by atoms with Crippen molar-refractivity contribution in [3.63, 3.8) is 0 Å². The minimum absolute atomic E-state index is 0.156. The maximum Gasteiger partial charge on any atom is 0.187 e. The van der Waals surface area contributed by atoms with Crippen LogP contribution in [0.1, 0.15) is 25.6 Å². The summed E-state index contributed by atoms with van der Waals surface area (Å²) in [5.74, 6) is 0.416. The van der Waals surface area contributed by atoms with Gasteiger partial charge < -0.3 is 9.64 Å². The highest BCUT2D eigenvalue weighted by atomic mass is 35.5. The molecular formula is C11H16Cl2N2OS. The topological polar surface area (TPSA) is 25.4 Å². The van der Waals surface area contributed by atoms with Gasteiger partial charge in [0.05, 0.1) is 22.5 Å². The second kappa shape index (κ2) is 4.92. The second-order valence-corrected chi connectivity index (χ2v) is 6.60. The normalized spacial score (nSPS) is 24.1. The van der Waals surface area contributed by atoms with Gasteiger partial charge in [-0.2, -0.15) is 0 Å². The molecule has 2 heterocycles. The molecule has 1 aromatic rings. The lowest BCUT2D eigenvalue weighted by molar-refractivity contribution is -0.0749. The van der Waals surface area contributed by atoms with Crippen LogP contribution in [0.3, 0.4) is 0 Å². The number of thiazole rings is 1. The van der Waals surface area contributed by atoms with Crippen LogP contribution >= 0.6 is 34.5 Å². The van der Waals surface area contributed by atoms with Gasteiger partial charge in [-0.05, 0) is 20.8 Å². The molecule has 1 fully saturated rings. The number of ether oxygens (including phenoxy) is 1. The van der Waals surface area contributed by atoms with Crippen LogP contribution in [0.15, 0.2) is 0 Å². The van der Waals surface area contributed by atoms with E-state index in [4.69, 9.17) is 27.9 Å². The van der Waals surface area contributed by atoms with Crippen molar-refractivity contribution in [1.82, 2.24) is 4.98 Å². The summed E-state index contributed by atoms with van der Waals surface area (Å²) < 4.78 is 5.86. The Balaban J connectivity index is 2.21. The van der Waals surface area contributed by atoms with Gasteiger partial charge in [-0.15, -0.1) is 11.6 Å². The van der Waals surface area contributed by atoms with E-state index in [0.29, 0.717) is 11.0 Å². The standard InChI is InChI=1S/C11H16Cl2N2OS/c1-7-5-15(6-11(2,3)16-7)10-14-9(13)8(4-12)17-10/h7H,4-6H2,1-3H3. The van der Waals surface area contributed by atoms with E-state index in [1.54, 1.807) is 11.3 Å². The van der Waals surface area contributed by atoms with E-state index in [0.717, 1.165) is 23.1 Å². The molecule has 0 spiro atoms. The van der Waals surface area contributed by atoms with E-state index in [9.17, 15) is 0 Å². The zero-order valence-corrected chi connectivity index (χ0v) is 12.5. The van der Waals surface area contributed by atoms with Crippen molar-refractivity contribution in [2.45, 2.75) is 38.4 Å². The lowest BCUT2D eigenvalue weighted by atomic mass is 10.1. The van der Waals surface area contributed by atoms with Gasteiger partial charge in [0.2, 0.25) is 0 Å². The summed E-state index contributed by atoms with van der Waals surface area (Å²) in [5, 5.41) is 1.46. The number of rotatable bonds is 2. The Morgan fingerprint density at radius 2 is 2.29 bits per heavy atom. The quantitative estimate of drug-likeness (QED) is 0.780. The molecule has 6 heteroatoms. The highest BCUT2D eigenvalue weighted by Crippen LogP contribution is 2.33. The van der Waals surface area contributed by atoms with E-state index in [-0.39, 0.29) is 11.7 Å². The minimum atomic E-state index is -0.156. The Hall–Kier alpha value is -0.0300. The fourth-order valence-electron chi connectivity index (χ4n) is 2.14. The zero-order valence-electron chi connectivity index (χ0n) is 10.2. The highest BCUT2D eigenvalue weighted by molar-refractivity contribution is 7.16. The average Bonchev–Trinajstić information content (AvgIpc) is 2.56. The number of hydrogen-bond acceptors (Lipinski definition) is 4. The van der Waals surface area contributed by atoms with E-state index in [1.165, 1.54) is 0 Å². The maximum absolute atomic E-state index is 6.03. The number of anilines is 1. The van der Waals surface area contributed by atoms with Crippen LogP contribution in [0.5, 0.6) is 0 Å². The summed E-state index contributed by atoms with van der Waals surface area (Å²) >= 11 is 13.4. The summed E-state index contributed by atoms with van der Waals surface area (Å²) in [4.78, 5) is 7.53. The lowest BCUT2D eigenvalue weighted by Crippen LogP contribution is -2.52. The molecular weight excluding hydrogens is 279 g/mol. The molecule has 17 heavy (non-hydrogen) atoms. The van der Waals surface area contributed by atoms with Crippen molar-refractivity contribution in [3.05, 3.63) is 10.0 Å². The number of nitrogens with zero attached hydrogens (tertiary/aromatic N) is 2. The maximum atomic E-state index is 6.03. The van der Waals surface area contributed by atoms with Crippen LogP contribution in [0.25, 0.3) is 0 Å². The van der Waals surface area contributed by atoms with Gasteiger partial charge in [0, 0.05) is 13.1 Å². The largest absolute Gasteiger partial charge is 0.369 e. The molecule has 0 amide bonds. The van der Waals surface area contributed by atoms with Crippen LogP contribution in [0, 0.1) is 0 Å². The van der Waals surface area contributed by atoms with Crippen molar-refractivity contribution in [1.29, 1.82) is 0 Å². The molecule has 1 aromatic heterocycles. The van der Waals surface area contributed by atoms with Crippen molar-refractivity contribution in [3.8, 4) is 0 Å². The number of aromatic nitrogens is 1. The van der Waals surface area contributed by atoms with Crippen molar-refractivity contribution in [2.75, 3.05) is 18.0 Å². The molecule has 96 valence electrons. The van der Waals surface area contributed by atoms with Gasteiger partial charge in [0.25, 0.3) is 0 Å². The Morgan fingerprint density at radius 3 is 2.82 bits per heavy atom. The molecule has 2 rings (SSSR count). The SMILES string of the molecule is CC1CN(c2nc(Cl)c(CCl)s2)CC(C)(C)O1. The highest BCUT2D eigenvalue weighted by Gasteiger charge is 2.32. The predicted octanol–water partition coefficient (Wildman–Crippen LogP) is 3.54. The Kier molecular flexibility index (Phi) is 3.88. The van der Waals surface area contributed by atoms with Crippen LogP contribution in [-0.4, -0.2) is 29.8 Å². The molecule has 1 atom stereocenters. The predicted molar refractivity (Wildman–Crippen MR) is 73.5 cm³/mol. The number of hydrogen-bond donors (Lipinski definition) is 0. The Morgan fingerprint density at radius 1 is 1.59 bits per heavy atom. The average molecular weight is 295 g/mol. The van der Waals surface area contributed by atoms with Gasteiger partial charge in [-0.1, -0.05) is 22.9 Å². The summed E-state index contributed by atoms with van der Waals surface area (Å²) in [7, 11) is 0. The van der Waals surface area contributed by atoms with Crippen LogP contribution in [-0.2, 0) is 10.6 Å². The molecule has 0 radical (unpaired) electrons. The molecule has 3 nitrogen and oxygen atoms in total. The molecule has 1 unspecified atom stereocenters. The van der Waals surface area contributed by atoms with Crippen LogP contribution in [0.4, 0.5) is 5.13 Å². The summed E-state index contributed by atoms with van der Waals surface area (Å²) in [6.45, 7) is 7.92. The third-order valence-corrected chi connectivity index (χ3v) is 4.57. The smallest absolute Gasteiger partial charge is 0.187 e. The van der Waals surface area contributed by atoms with E-state index < -0.39 is 0 Å². The third kappa shape index (κ3) is 3.05. The fourth-order valence-corrected chi connectivity index (χ4v) is 3.62. The first-order valence-electron chi connectivity index (χ1n) is 5.55. The van der Waals surface area contributed by atoms with E-state index in [1.807, 2.05) is 0 Å². The van der Waals surface area contributed by atoms with Gasteiger partial charge in [0.15, 0.2) is 5.13 Å². The number of halogens is 2. The summed E-state index contributed by atoms with van der Waals surface area (Å²) in [6, 6.07) is 0. The van der Waals surface area contributed by atoms with Gasteiger partial charge in [-0.3, -0.25) is 0 Å². The molecule has 1 saturated heterocycles. The molecule has 0 aromatic carbocycles. The molecule has 0 aliphatic carbocycles. The van der Waals surface area contributed by atoms with Gasteiger partial charge in [0.1, 0.15) is 5.15 Å². The summed E-state index contributed by atoms with van der Waals surface area (Å²) in [5.41, 5.74) is -0.156. The molecule has 0 saturated carbocycles. The second-order valence-electron chi connectivity index (χ2n) is 4.91. The van der Waals surface area contributed by atoms with Crippen molar-refractivity contribution < 1.29 is 4.74 Å². The molecule has 1 aliphatic rings. The Bertz CT molecular complexity index is 408. The Labute approximate surface area is 116 Å². The zero-order chi connectivity index (χ0) is 12.6. The van der Waals surface area contributed by atoms with Gasteiger partial charge >= 0.3 is 0 Å². The monoisotopic (exact) mass is 294 g/mol. The first-order chi connectivity index (χ1) is 7.91. The van der Waals surface area contributed by atoms with Gasteiger partial charge in [-0.25, -0.2) is 4.98 Å². The minimum Gasteiger partial charge on any atom is -0.369 e. The molecule has 0 bridgehead atoms. The van der Waals surface area contributed by atoms with Crippen molar-refractivity contribution in [2.24, 2.45) is 0 Å². The van der Waals surface area contributed by atoms with E-state index in [2.05, 4.69) is 30.7 Å². The first-order valence-corrected chi connectivity index (χ1v) is 7.28. The summed E-state index contributed by atoms with van der Waals surface area (Å²) in [6.07, 6.45) is 0.195. The molecule has 0 N–H and O–H groups in total. The van der Waals surface area contributed by atoms with Crippen molar-refractivity contribution >= 4 is 39.7 Å². The number of morpholine rings is 1. The lowest BCUT2D eigenvalue weighted by Gasteiger charge is -2.41. The first kappa shape index (κ1) is 13.4. The van der Waals surface area contributed by atoms with Crippen LogP contribution < -0.4 is 4.90 Å². The van der Waals surface area contributed by atoms with Crippen LogP contribution in [0.2, 0.25) is 5.15 Å².